The molecule has 0 radical (unpaired) electrons. The Bertz CT molecular complexity index is 365. The molecule has 0 aromatic carbocycles. The van der Waals surface area contributed by atoms with Gasteiger partial charge in [-0.05, 0) is 18.4 Å². The Morgan fingerprint density at radius 3 is 2.64 bits per heavy atom. The number of hydrogen-bond donors (Lipinski definition) is 1. The van der Waals surface area contributed by atoms with Crippen molar-refractivity contribution in [3.63, 3.8) is 0 Å². The van der Waals surface area contributed by atoms with E-state index in [0.717, 1.165) is 0 Å². The van der Waals surface area contributed by atoms with Crippen molar-refractivity contribution in [3.8, 4) is 0 Å². The molecule has 14 heavy (non-hydrogen) atoms. The van der Waals surface area contributed by atoms with Crippen LogP contribution in [0.2, 0.25) is 0 Å². The Kier molecular flexibility index (Phi) is 3.59. The third-order valence-electron chi connectivity index (χ3n) is 1.48. The zero-order valence-corrected chi connectivity index (χ0v) is 8.85. The van der Waals surface area contributed by atoms with Crippen molar-refractivity contribution in [3.05, 3.63) is 34.2 Å². The largest absolute Gasteiger partial charge is 0.330 e. The lowest BCUT2D eigenvalue weighted by atomic mass is 10.3. The summed E-state index contributed by atoms with van der Waals surface area (Å²) in [4.78, 5) is 22.8. The van der Waals surface area contributed by atoms with Gasteiger partial charge in [0.25, 0.3) is 0 Å². The zero-order valence-electron chi connectivity index (χ0n) is 8.03. The molecule has 74 valence electrons. The molecule has 1 heterocycles. The van der Waals surface area contributed by atoms with Gasteiger partial charge in [-0.3, -0.25) is 9.59 Å². The summed E-state index contributed by atoms with van der Waals surface area (Å²) in [6.45, 7) is 3.10. The minimum Gasteiger partial charge on any atom is -0.330 e. The molecule has 0 spiro atoms. The van der Waals surface area contributed by atoms with Crippen molar-refractivity contribution in [2.45, 2.75) is 13.8 Å². The van der Waals surface area contributed by atoms with Crippen LogP contribution in [0.25, 0.3) is 0 Å². The summed E-state index contributed by atoms with van der Waals surface area (Å²) in [5, 5.41) is 4.38. The van der Waals surface area contributed by atoms with Gasteiger partial charge in [0.05, 0.1) is 4.88 Å². The number of carbonyl (C=O) groups excluding carboxylic acids is 2. The molecule has 1 N–H and O–H groups in total. The van der Waals surface area contributed by atoms with Crippen molar-refractivity contribution >= 4 is 23.0 Å². The number of rotatable bonds is 3. The Labute approximate surface area is 86.4 Å². The number of ketones is 1. The van der Waals surface area contributed by atoms with E-state index in [-0.39, 0.29) is 11.7 Å². The highest BCUT2D eigenvalue weighted by Crippen LogP contribution is 2.10. The minimum atomic E-state index is -0.169. The summed E-state index contributed by atoms with van der Waals surface area (Å²) in [7, 11) is 0. The number of allylic oxidation sites excluding steroid dienone is 2. The average molecular weight is 209 g/mol. The molecular weight excluding hydrogens is 198 g/mol. The second kappa shape index (κ2) is 4.72. The first-order chi connectivity index (χ1) is 6.59. The van der Waals surface area contributed by atoms with Crippen LogP contribution in [0.3, 0.4) is 0 Å². The van der Waals surface area contributed by atoms with Gasteiger partial charge in [0.2, 0.25) is 5.91 Å². The molecule has 0 atom stereocenters. The van der Waals surface area contributed by atoms with Crippen LogP contribution in [0.15, 0.2) is 29.3 Å². The van der Waals surface area contributed by atoms with E-state index in [1.54, 1.807) is 13.0 Å². The maximum Gasteiger partial charge on any atom is 0.220 e. The van der Waals surface area contributed by atoms with Crippen LogP contribution in [0.4, 0.5) is 0 Å². The fraction of sp³-hybridized carbons (Fsp3) is 0.200. The Morgan fingerprint density at radius 1 is 1.43 bits per heavy atom. The van der Waals surface area contributed by atoms with Crippen LogP contribution < -0.4 is 5.32 Å². The van der Waals surface area contributed by atoms with Gasteiger partial charge >= 0.3 is 0 Å². The van der Waals surface area contributed by atoms with Gasteiger partial charge in [-0.25, -0.2) is 0 Å². The van der Waals surface area contributed by atoms with E-state index in [2.05, 4.69) is 5.32 Å². The van der Waals surface area contributed by atoms with Gasteiger partial charge < -0.3 is 5.32 Å². The molecule has 0 aliphatic heterocycles. The first-order valence-electron chi connectivity index (χ1n) is 4.13. The van der Waals surface area contributed by atoms with Crippen molar-refractivity contribution in [2.24, 2.45) is 0 Å². The lowest BCUT2D eigenvalue weighted by Crippen LogP contribution is -2.17. The number of thiophene rings is 1. The van der Waals surface area contributed by atoms with E-state index in [9.17, 15) is 9.59 Å². The van der Waals surface area contributed by atoms with Gasteiger partial charge in [-0.1, -0.05) is 6.07 Å². The topological polar surface area (TPSA) is 46.2 Å². The third-order valence-corrected chi connectivity index (χ3v) is 2.37. The van der Waals surface area contributed by atoms with Crippen LogP contribution in [-0.4, -0.2) is 11.7 Å². The van der Waals surface area contributed by atoms with E-state index in [1.165, 1.54) is 24.3 Å². The van der Waals surface area contributed by atoms with Gasteiger partial charge in [0.1, 0.15) is 0 Å². The number of nitrogens with one attached hydrogen (secondary N) is 1. The summed E-state index contributed by atoms with van der Waals surface area (Å²) < 4.78 is 0. The molecule has 0 bridgehead atoms. The molecule has 0 saturated heterocycles. The van der Waals surface area contributed by atoms with Crippen molar-refractivity contribution in [1.82, 2.24) is 5.32 Å². The molecule has 1 amide bonds. The van der Waals surface area contributed by atoms with Crippen LogP contribution in [-0.2, 0) is 4.79 Å². The van der Waals surface area contributed by atoms with E-state index in [0.29, 0.717) is 10.6 Å². The SMILES string of the molecule is CC(=O)N/C(C)=C\C(=O)c1cccs1. The minimum absolute atomic E-state index is 0.0775. The highest BCUT2D eigenvalue weighted by Gasteiger charge is 2.03. The summed E-state index contributed by atoms with van der Waals surface area (Å²) in [5.41, 5.74) is 0.566. The summed E-state index contributed by atoms with van der Waals surface area (Å²) in [5.74, 6) is -0.246. The molecule has 1 aromatic heterocycles. The smallest absolute Gasteiger partial charge is 0.220 e. The monoisotopic (exact) mass is 209 g/mol. The summed E-state index contributed by atoms with van der Waals surface area (Å²) >= 11 is 1.39. The Balaban J connectivity index is 2.68. The second-order valence-electron chi connectivity index (χ2n) is 2.85. The number of carbonyl (C=O) groups is 2. The van der Waals surface area contributed by atoms with Gasteiger partial charge in [-0.2, -0.15) is 0 Å². The zero-order chi connectivity index (χ0) is 10.6. The summed E-state index contributed by atoms with van der Waals surface area (Å²) in [6, 6.07) is 3.57. The molecule has 1 rings (SSSR count). The van der Waals surface area contributed by atoms with Gasteiger partial charge in [-0.15, -0.1) is 11.3 Å². The highest BCUT2D eigenvalue weighted by molar-refractivity contribution is 7.12. The average Bonchev–Trinajstić information content (AvgIpc) is 2.53. The predicted molar refractivity (Wildman–Crippen MR) is 56.2 cm³/mol. The maximum absolute atomic E-state index is 11.5. The molecule has 0 aliphatic carbocycles. The fourth-order valence-electron chi connectivity index (χ4n) is 1.00. The quantitative estimate of drug-likeness (QED) is 0.611. The van der Waals surface area contributed by atoms with E-state index < -0.39 is 0 Å². The van der Waals surface area contributed by atoms with Crippen LogP contribution in [0, 0.1) is 0 Å². The van der Waals surface area contributed by atoms with E-state index in [4.69, 9.17) is 0 Å². The summed E-state index contributed by atoms with van der Waals surface area (Å²) in [6.07, 6.45) is 1.42. The molecule has 4 heteroatoms. The van der Waals surface area contributed by atoms with Crippen LogP contribution >= 0.6 is 11.3 Å². The second-order valence-corrected chi connectivity index (χ2v) is 3.80. The Hall–Kier alpha value is -1.42. The van der Waals surface area contributed by atoms with E-state index >= 15 is 0 Å². The van der Waals surface area contributed by atoms with Crippen LogP contribution in [0.1, 0.15) is 23.5 Å². The normalized spacial score (nSPS) is 11.1. The van der Waals surface area contributed by atoms with Gasteiger partial charge in [0.15, 0.2) is 5.78 Å². The lowest BCUT2D eigenvalue weighted by molar-refractivity contribution is -0.118. The fourth-order valence-corrected chi connectivity index (χ4v) is 1.64. The molecule has 3 nitrogen and oxygen atoms in total. The third kappa shape index (κ3) is 3.14. The van der Waals surface area contributed by atoms with Crippen LogP contribution in [0.5, 0.6) is 0 Å². The van der Waals surface area contributed by atoms with Crippen molar-refractivity contribution in [2.75, 3.05) is 0 Å². The standard InChI is InChI=1S/C10H11NO2S/c1-7(11-8(2)12)6-9(13)10-4-3-5-14-10/h3-6H,1-2H3,(H,11,12)/b7-6-. The number of amides is 1. The molecule has 0 unspecified atom stereocenters. The number of hydrogen-bond acceptors (Lipinski definition) is 3. The lowest BCUT2D eigenvalue weighted by Gasteiger charge is -1.99. The Morgan fingerprint density at radius 2 is 2.14 bits per heavy atom. The molecule has 0 fully saturated rings. The van der Waals surface area contributed by atoms with Crippen molar-refractivity contribution < 1.29 is 9.59 Å². The van der Waals surface area contributed by atoms with Gasteiger partial charge in [0, 0.05) is 18.7 Å². The first-order valence-corrected chi connectivity index (χ1v) is 5.01. The molecule has 0 aliphatic rings. The first kappa shape index (κ1) is 10.7. The highest BCUT2D eigenvalue weighted by atomic mass is 32.1. The maximum atomic E-state index is 11.5. The molecular formula is C10H11NO2S. The molecule has 1 aromatic rings. The van der Waals surface area contributed by atoms with E-state index in [1.807, 2.05) is 11.4 Å². The predicted octanol–water partition coefficient (Wildman–Crippen LogP) is 1.97. The molecule has 0 saturated carbocycles. The van der Waals surface area contributed by atoms with Crippen molar-refractivity contribution in [1.29, 1.82) is 0 Å².